The zero-order chi connectivity index (χ0) is 24.0. The van der Waals surface area contributed by atoms with Crippen molar-refractivity contribution >= 4 is 58.0 Å². The highest BCUT2D eigenvalue weighted by Crippen LogP contribution is 2.37. The predicted octanol–water partition coefficient (Wildman–Crippen LogP) is 10.3. The van der Waals surface area contributed by atoms with Crippen LogP contribution in [0.2, 0.25) is 25.1 Å². The highest BCUT2D eigenvalue weighted by molar-refractivity contribution is 6.35. The number of aromatic hydroxyl groups is 2. The van der Waals surface area contributed by atoms with E-state index in [2.05, 4.69) is 0 Å². The van der Waals surface area contributed by atoms with Crippen molar-refractivity contribution in [3.63, 3.8) is 0 Å². The first-order valence-corrected chi connectivity index (χ1v) is 11.1. The molecule has 0 aliphatic rings. The first-order chi connectivity index (χ1) is 15.7. The molecule has 0 radical (unpaired) electrons. The van der Waals surface area contributed by atoms with Gasteiger partial charge in [-0.2, -0.15) is 0 Å². The minimum Gasteiger partial charge on any atom is -0.504 e. The zero-order valence-electron chi connectivity index (χ0n) is 16.6. The van der Waals surface area contributed by atoms with Crippen LogP contribution in [0.15, 0.2) is 78.9 Å². The molecule has 4 aromatic rings. The van der Waals surface area contributed by atoms with Gasteiger partial charge in [-0.1, -0.05) is 65.4 Å². The van der Waals surface area contributed by atoms with Crippen molar-refractivity contribution in [2.24, 2.45) is 0 Å². The van der Waals surface area contributed by atoms with Crippen LogP contribution >= 0.6 is 58.0 Å². The van der Waals surface area contributed by atoms with Gasteiger partial charge in [0, 0.05) is 32.2 Å². The Morgan fingerprint density at radius 3 is 1.35 bits per heavy atom. The van der Waals surface area contributed by atoms with Crippen molar-refractivity contribution in [2.75, 3.05) is 0 Å². The van der Waals surface area contributed by atoms with Crippen LogP contribution in [0.1, 0.15) is 7.43 Å². The van der Waals surface area contributed by atoms with Crippen LogP contribution in [-0.4, -0.2) is 10.2 Å². The molecule has 178 valence electrons. The molecule has 0 aliphatic carbocycles. The second kappa shape index (κ2) is 12.8. The van der Waals surface area contributed by atoms with Crippen molar-refractivity contribution < 1.29 is 19.7 Å². The molecule has 0 amide bonds. The third-order valence-corrected chi connectivity index (χ3v) is 5.25. The molecule has 34 heavy (non-hydrogen) atoms. The van der Waals surface area contributed by atoms with Gasteiger partial charge in [0.1, 0.15) is 11.5 Å². The number of hydrogen-bond acceptors (Lipinski definition) is 4. The lowest BCUT2D eigenvalue weighted by molar-refractivity contribution is 0.411. The Morgan fingerprint density at radius 2 is 0.882 bits per heavy atom. The van der Waals surface area contributed by atoms with Gasteiger partial charge in [0.15, 0.2) is 23.0 Å². The maximum absolute atomic E-state index is 9.62. The van der Waals surface area contributed by atoms with E-state index in [1.807, 2.05) is 0 Å². The van der Waals surface area contributed by atoms with Crippen LogP contribution in [-0.2, 0) is 0 Å². The standard InChI is InChI=1S/C12H7Cl3O2.C12H8Cl2O2.CH4/c13-7-1-3-11(9(15)5-7)17-12-4-2-8(14)6-10(12)16;13-8-1-4-10(5-2-8)16-12-6-3-9(14)7-11(12)15;/h1-6,16H;1-7,15H;1H4. The summed E-state index contributed by atoms with van der Waals surface area (Å²) in [6, 6.07) is 20.9. The van der Waals surface area contributed by atoms with Crippen LogP contribution in [0.5, 0.6) is 34.5 Å². The first-order valence-electron chi connectivity index (χ1n) is 9.24. The van der Waals surface area contributed by atoms with E-state index in [1.54, 1.807) is 66.7 Å². The summed E-state index contributed by atoms with van der Waals surface area (Å²) in [6.45, 7) is 0. The van der Waals surface area contributed by atoms with Gasteiger partial charge in [-0.25, -0.2) is 0 Å². The molecule has 0 heterocycles. The quantitative estimate of drug-likeness (QED) is 0.261. The third-order valence-electron chi connectivity index (χ3n) is 4.00. The van der Waals surface area contributed by atoms with Crippen LogP contribution < -0.4 is 9.47 Å². The molecule has 0 aromatic heterocycles. The summed E-state index contributed by atoms with van der Waals surface area (Å²) < 4.78 is 10.9. The van der Waals surface area contributed by atoms with Gasteiger partial charge in [-0.15, -0.1) is 0 Å². The van der Waals surface area contributed by atoms with Gasteiger partial charge < -0.3 is 19.7 Å². The number of halogens is 5. The Bertz CT molecular complexity index is 1200. The van der Waals surface area contributed by atoms with E-state index in [-0.39, 0.29) is 24.7 Å². The Morgan fingerprint density at radius 1 is 0.471 bits per heavy atom. The van der Waals surface area contributed by atoms with E-state index < -0.39 is 0 Å². The lowest BCUT2D eigenvalue weighted by atomic mass is 10.3. The third kappa shape index (κ3) is 8.08. The van der Waals surface area contributed by atoms with E-state index >= 15 is 0 Å². The number of phenolic OH excluding ortho intramolecular Hbond substituents is 2. The number of rotatable bonds is 4. The lowest BCUT2D eigenvalue weighted by Gasteiger charge is -2.09. The first kappa shape index (κ1) is 27.8. The molecule has 0 atom stereocenters. The molecule has 0 aliphatic heterocycles. The minimum absolute atomic E-state index is 0. The SMILES string of the molecule is C.Oc1cc(Cl)ccc1Oc1ccc(Cl)cc1.Oc1cc(Cl)ccc1Oc1ccc(Cl)cc1Cl. The van der Waals surface area contributed by atoms with Crippen molar-refractivity contribution in [3.05, 3.63) is 104 Å². The number of ether oxygens (including phenoxy) is 2. The van der Waals surface area contributed by atoms with E-state index in [9.17, 15) is 10.2 Å². The molecular weight excluding hydrogens is 542 g/mol. The predicted molar refractivity (Wildman–Crippen MR) is 141 cm³/mol. The van der Waals surface area contributed by atoms with Crippen molar-refractivity contribution in [1.29, 1.82) is 0 Å². The summed E-state index contributed by atoms with van der Waals surface area (Å²) in [7, 11) is 0. The average Bonchev–Trinajstić information content (AvgIpc) is 2.76. The topological polar surface area (TPSA) is 58.9 Å². The number of benzene rings is 4. The fourth-order valence-electron chi connectivity index (χ4n) is 2.46. The van der Waals surface area contributed by atoms with E-state index in [1.165, 1.54) is 12.1 Å². The average molecular weight is 561 g/mol. The lowest BCUT2D eigenvalue weighted by Crippen LogP contribution is -1.86. The summed E-state index contributed by atoms with van der Waals surface area (Å²) in [5.74, 6) is 1.59. The van der Waals surface area contributed by atoms with Crippen molar-refractivity contribution in [2.45, 2.75) is 7.43 Å². The molecule has 4 aromatic carbocycles. The normalized spacial score (nSPS) is 9.91. The Kier molecular flexibility index (Phi) is 10.5. The van der Waals surface area contributed by atoms with Crippen LogP contribution in [0.3, 0.4) is 0 Å². The molecule has 0 saturated carbocycles. The molecule has 2 N–H and O–H groups in total. The summed E-state index contributed by atoms with van der Waals surface area (Å²) in [5.41, 5.74) is 0. The minimum atomic E-state index is -0.0523. The van der Waals surface area contributed by atoms with E-state index in [0.29, 0.717) is 42.4 Å². The van der Waals surface area contributed by atoms with Gasteiger partial charge in [0.25, 0.3) is 0 Å². The summed E-state index contributed by atoms with van der Waals surface area (Å²) >= 11 is 28.9. The highest BCUT2D eigenvalue weighted by atomic mass is 35.5. The van der Waals surface area contributed by atoms with Crippen LogP contribution in [0, 0.1) is 0 Å². The monoisotopic (exact) mass is 558 g/mol. The molecule has 0 spiro atoms. The van der Waals surface area contributed by atoms with Gasteiger partial charge in [-0.3, -0.25) is 0 Å². The maximum atomic E-state index is 9.62. The van der Waals surface area contributed by atoms with Gasteiger partial charge in [0.2, 0.25) is 0 Å². The highest BCUT2D eigenvalue weighted by Gasteiger charge is 2.08. The van der Waals surface area contributed by atoms with Crippen LogP contribution in [0.25, 0.3) is 0 Å². The maximum Gasteiger partial charge on any atom is 0.169 e. The molecule has 0 saturated heterocycles. The Labute approximate surface area is 222 Å². The summed E-state index contributed by atoms with van der Waals surface area (Å²) in [4.78, 5) is 0. The molecule has 9 heteroatoms. The molecule has 4 rings (SSSR count). The number of phenols is 2. The second-order valence-corrected chi connectivity index (χ2v) is 8.61. The Hall–Kier alpha value is -2.47. The smallest absolute Gasteiger partial charge is 0.169 e. The van der Waals surface area contributed by atoms with Gasteiger partial charge in [0.05, 0.1) is 5.02 Å². The largest absolute Gasteiger partial charge is 0.504 e. The van der Waals surface area contributed by atoms with Crippen molar-refractivity contribution in [1.82, 2.24) is 0 Å². The van der Waals surface area contributed by atoms with Crippen LogP contribution in [0.4, 0.5) is 0 Å². The Balaban J connectivity index is 0.000000234. The molecule has 4 nitrogen and oxygen atoms in total. The van der Waals surface area contributed by atoms with E-state index in [0.717, 1.165) is 0 Å². The molecule has 0 fully saturated rings. The number of hydrogen-bond donors (Lipinski definition) is 2. The summed E-state index contributed by atoms with van der Waals surface area (Å²) in [5, 5.41) is 21.6. The van der Waals surface area contributed by atoms with E-state index in [4.69, 9.17) is 67.5 Å². The second-order valence-electron chi connectivity index (χ2n) is 6.46. The van der Waals surface area contributed by atoms with Gasteiger partial charge in [-0.05, 0) is 66.7 Å². The summed E-state index contributed by atoms with van der Waals surface area (Å²) in [6.07, 6.45) is 0. The fraction of sp³-hybridized carbons (Fsp3) is 0.0400. The molecule has 0 bridgehead atoms. The molecular formula is C25H19Cl5O4. The molecule has 0 unspecified atom stereocenters. The van der Waals surface area contributed by atoms with Gasteiger partial charge >= 0.3 is 0 Å². The van der Waals surface area contributed by atoms with Crippen molar-refractivity contribution in [3.8, 4) is 34.5 Å². The zero-order valence-corrected chi connectivity index (χ0v) is 20.4. The fourth-order valence-corrected chi connectivity index (χ4v) is 3.37.